The Morgan fingerprint density at radius 2 is 1.35 bits per heavy atom. The molecular weight excluding hydrogens is 520 g/mol. The van der Waals surface area contributed by atoms with Crippen LogP contribution in [0, 0.1) is 0 Å². The Bertz CT molecular complexity index is 1360. The van der Waals surface area contributed by atoms with Crippen LogP contribution in [0.5, 0.6) is 0 Å². The second-order valence-corrected chi connectivity index (χ2v) is 12.1. The van der Waals surface area contributed by atoms with Crippen LogP contribution in [-0.4, -0.2) is 0 Å². The smallest absolute Gasteiger partial charge is 0.0463 e. The second kappa shape index (κ2) is 16.2. The van der Waals surface area contributed by atoms with E-state index in [1.54, 1.807) is 0 Å². The summed E-state index contributed by atoms with van der Waals surface area (Å²) in [4.78, 5) is 4.53. The lowest BCUT2D eigenvalue weighted by Crippen LogP contribution is -2.22. The first kappa shape index (κ1) is 33.7. The molecule has 0 bridgehead atoms. The van der Waals surface area contributed by atoms with E-state index < -0.39 is 0 Å². The van der Waals surface area contributed by atoms with Crippen LogP contribution in [-0.2, 0) is 5.41 Å². The van der Waals surface area contributed by atoms with Gasteiger partial charge in [-0.05, 0) is 116 Å². The molecular formula is C41H54N2. The third-order valence-electron chi connectivity index (χ3n) is 8.76. The van der Waals surface area contributed by atoms with Gasteiger partial charge in [-0.25, -0.2) is 0 Å². The maximum absolute atomic E-state index is 4.32. The van der Waals surface area contributed by atoms with Crippen molar-refractivity contribution in [3.8, 4) is 0 Å². The van der Waals surface area contributed by atoms with Crippen LogP contribution < -0.4 is 9.80 Å². The molecule has 0 saturated carbocycles. The lowest BCUT2D eigenvalue weighted by atomic mass is 9.75. The van der Waals surface area contributed by atoms with Crippen molar-refractivity contribution in [3.05, 3.63) is 133 Å². The van der Waals surface area contributed by atoms with Gasteiger partial charge >= 0.3 is 0 Å². The van der Waals surface area contributed by atoms with E-state index in [4.69, 9.17) is 0 Å². The number of hydrogen-bond donors (Lipinski definition) is 0. The minimum atomic E-state index is 0.212. The van der Waals surface area contributed by atoms with Crippen LogP contribution in [0.25, 0.3) is 0 Å². The number of rotatable bonds is 16. The second-order valence-electron chi connectivity index (χ2n) is 12.1. The van der Waals surface area contributed by atoms with E-state index in [1.165, 1.54) is 48.9 Å². The average molecular weight is 575 g/mol. The van der Waals surface area contributed by atoms with Crippen molar-refractivity contribution in [1.82, 2.24) is 0 Å². The summed E-state index contributed by atoms with van der Waals surface area (Å²) >= 11 is 0. The number of anilines is 4. The lowest BCUT2D eigenvalue weighted by Gasteiger charge is -2.32. The zero-order valence-electron chi connectivity index (χ0n) is 27.9. The molecule has 0 fully saturated rings. The van der Waals surface area contributed by atoms with E-state index in [0.717, 1.165) is 34.9 Å². The molecule has 0 aliphatic carbocycles. The number of nitrogens with zero attached hydrogens (tertiary/aromatic N) is 2. The highest BCUT2D eigenvalue weighted by Gasteiger charge is 2.25. The molecule has 228 valence electrons. The summed E-state index contributed by atoms with van der Waals surface area (Å²) in [7, 11) is 0. The molecule has 3 aromatic rings. The first-order valence-corrected chi connectivity index (χ1v) is 16.2. The van der Waals surface area contributed by atoms with Crippen molar-refractivity contribution in [1.29, 1.82) is 0 Å². The summed E-state index contributed by atoms with van der Waals surface area (Å²) < 4.78 is 0. The van der Waals surface area contributed by atoms with Crippen molar-refractivity contribution in [2.45, 2.75) is 98.3 Å². The molecule has 0 amide bonds. The molecule has 0 spiro atoms. The van der Waals surface area contributed by atoms with Gasteiger partial charge in [0.05, 0.1) is 0 Å². The van der Waals surface area contributed by atoms with Crippen LogP contribution in [0.1, 0.15) is 104 Å². The van der Waals surface area contributed by atoms with Crippen molar-refractivity contribution in [2.24, 2.45) is 0 Å². The van der Waals surface area contributed by atoms with Crippen molar-refractivity contribution in [2.75, 3.05) is 9.80 Å². The van der Waals surface area contributed by atoms with Crippen LogP contribution >= 0.6 is 0 Å². The van der Waals surface area contributed by atoms with Crippen LogP contribution in [0.15, 0.2) is 122 Å². The van der Waals surface area contributed by atoms with E-state index in [9.17, 15) is 0 Å². The molecule has 0 aliphatic rings. The minimum absolute atomic E-state index is 0.212. The molecule has 2 nitrogen and oxygen atoms in total. The minimum Gasteiger partial charge on any atom is -0.315 e. The zero-order valence-corrected chi connectivity index (χ0v) is 27.9. The van der Waals surface area contributed by atoms with Crippen molar-refractivity contribution < 1.29 is 0 Å². The van der Waals surface area contributed by atoms with E-state index in [-0.39, 0.29) is 5.41 Å². The van der Waals surface area contributed by atoms with E-state index in [1.807, 2.05) is 31.2 Å². The van der Waals surface area contributed by atoms with Crippen LogP contribution in [0.3, 0.4) is 0 Å². The highest BCUT2D eigenvalue weighted by Crippen LogP contribution is 2.40. The Morgan fingerprint density at radius 3 is 1.84 bits per heavy atom. The average Bonchev–Trinajstić information content (AvgIpc) is 3.02. The van der Waals surface area contributed by atoms with E-state index in [0.29, 0.717) is 5.92 Å². The third kappa shape index (κ3) is 8.41. The Labute approximate surface area is 263 Å². The van der Waals surface area contributed by atoms with Gasteiger partial charge in [0.15, 0.2) is 0 Å². The Kier molecular flexibility index (Phi) is 12.7. The lowest BCUT2D eigenvalue weighted by molar-refractivity contribution is 0.383. The quantitative estimate of drug-likeness (QED) is 0.157. The summed E-state index contributed by atoms with van der Waals surface area (Å²) in [6.45, 7) is 23.9. The maximum Gasteiger partial charge on any atom is 0.0463 e. The number of allylic oxidation sites excluding steroid dienone is 5. The van der Waals surface area contributed by atoms with E-state index in [2.05, 4.69) is 137 Å². The highest BCUT2D eigenvalue weighted by atomic mass is 15.2. The molecule has 0 N–H and O–H groups in total. The largest absolute Gasteiger partial charge is 0.315 e. The fourth-order valence-electron chi connectivity index (χ4n) is 6.04. The first-order valence-electron chi connectivity index (χ1n) is 16.2. The molecule has 43 heavy (non-hydrogen) atoms. The Hall–Kier alpha value is -3.78. The van der Waals surface area contributed by atoms with Gasteiger partial charge < -0.3 is 9.80 Å². The third-order valence-corrected chi connectivity index (χ3v) is 8.76. The molecule has 3 rings (SSSR count). The number of unbranched alkanes of at least 4 members (excludes halogenated alkanes) is 1. The van der Waals surface area contributed by atoms with Gasteiger partial charge in [-0.2, -0.15) is 0 Å². The monoisotopic (exact) mass is 574 g/mol. The van der Waals surface area contributed by atoms with Gasteiger partial charge in [-0.15, -0.1) is 0 Å². The number of hydrogen-bond acceptors (Lipinski definition) is 2. The molecule has 0 aliphatic heterocycles. The van der Waals surface area contributed by atoms with Crippen molar-refractivity contribution >= 4 is 22.7 Å². The van der Waals surface area contributed by atoms with E-state index >= 15 is 0 Å². The summed E-state index contributed by atoms with van der Waals surface area (Å²) in [6.07, 6.45) is 15.2. The fraction of sp³-hybridized carbons (Fsp3) is 0.366. The predicted molar refractivity (Wildman–Crippen MR) is 192 cm³/mol. The van der Waals surface area contributed by atoms with Gasteiger partial charge in [0.25, 0.3) is 0 Å². The molecule has 0 radical (unpaired) electrons. The standard InChI is InChI=1S/C41H54N2/c1-10-15-31-41(9,30-13-4)36-20-24-39(25-21-36)43(38-22-18-35(19-23-38)32(6)14-5)40-28-26-37(27-29-40)42(33(7)16-11-2)34(8)17-12-3/h11-12,16-29,32H,2,8,10,13-15,30-31H2,1,3-7,9H3/b17-12-,33-16+. The van der Waals surface area contributed by atoms with Gasteiger partial charge in [-0.1, -0.05) is 103 Å². The molecule has 2 unspecified atom stereocenters. The van der Waals surface area contributed by atoms with Crippen molar-refractivity contribution in [3.63, 3.8) is 0 Å². The SMILES string of the molecule is C=C/C=C(\C)N(C(=C)/C=C\C)c1ccc(N(c2ccc(C(C)CC)cc2)c2ccc(C(C)(CCC)CCCC)cc2)cc1. The predicted octanol–water partition coefficient (Wildman–Crippen LogP) is 12.9. The summed E-state index contributed by atoms with van der Waals surface area (Å²) in [5.41, 5.74) is 9.53. The molecule has 0 heterocycles. The molecule has 0 aromatic heterocycles. The molecule has 2 atom stereocenters. The van der Waals surface area contributed by atoms with Crippen LogP contribution in [0.4, 0.5) is 22.7 Å². The van der Waals surface area contributed by atoms with Gasteiger partial charge in [0.2, 0.25) is 0 Å². The highest BCUT2D eigenvalue weighted by molar-refractivity contribution is 5.78. The zero-order chi connectivity index (χ0) is 31.4. The van der Waals surface area contributed by atoms with Gasteiger partial charge in [0.1, 0.15) is 0 Å². The summed E-state index contributed by atoms with van der Waals surface area (Å²) in [6, 6.07) is 27.2. The maximum atomic E-state index is 4.32. The molecule has 0 saturated heterocycles. The summed E-state index contributed by atoms with van der Waals surface area (Å²) in [5, 5.41) is 0. The fourth-order valence-corrected chi connectivity index (χ4v) is 6.04. The summed E-state index contributed by atoms with van der Waals surface area (Å²) in [5.74, 6) is 0.545. The number of benzene rings is 3. The van der Waals surface area contributed by atoms with Crippen LogP contribution in [0.2, 0.25) is 0 Å². The van der Waals surface area contributed by atoms with Gasteiger partial charge in [-0.3, -0.25) is 0 Å². The Morgan fingerprint density at radius 1 is 0.814 bits per heavy atom. The molecule has 3 aromatic carbocycles. The first-order chi connectivity index (χ1) is 20.7. The van der Waals surface area contributed by atoms with Gasteiger partial charge in [0, 0.05) is 34.1 Å². The Balaban J connectivity index is 2.09. The topological polar surface area (TPSA) is 6.48 Å². The normalized spacial score (nSPS) is 13.9. The molecule has 2 heteroatoms.